The molecule has 3 heterocycles. The molecular weight excluding hydrogens is 560 g/mol. The van der Waals surface area contributed by atoms with E-state index in [2.05, 4.69) is 152 Å². The molecule has 0 spiro atoms. The Labute approximate surface area is 268 Å². The van der Waals surface area contributed by atoms with Crippen molar-refractivity contribution in [3.8, 4) is 22.8 Å². The van der Waals surface area contributed by atoms with Gasteiger partial charge in [0.25, 0.3) is 0 Å². The lowest BCUT2D eigenvalue weighted by Gasteiger charge is -2.41. The summed E-state index contributed by atoms with van der Waals surface area (Å²) in [5, 5.41) is 1.10. The van der Waals surface area contributed by atoms with E-state index in [1.54, 1.807) is 0 Å². The summed E-state index contributed by atoms with van der Waals surface area (Å²) in [4.78, 5) is 10.5. The van der Waals surface area contributed by atoms with Gasteiger partial charge in [-0.05, 0) is 65.4 Å². The van der Waals surface area contributed by atoms with Crippen molar-refractivity contribution in [1.82, 2.24) is 4.98 Å². The van der Waals surface area contributed by atoms with Gasteiger partial charge in [-0.15, -0.1) is 0 Å². The molecule has 3 nitrogen and oxygen atoms in total. The summed E-state index contributed by atoms with van der Waals surface area (Å²) in [6.45, 7) is 0. The fourth-order valence-electron chi connectivity index (χ4n) is 7.35. The number of aryl methyl sites for hydroxylation is 1. The van der Waals surface area contributed by atoms with Crippen LogP contribution in [0.4, 0.5) is 5.69 Å². The lowest BCUT2D eigenvalue weighted by atomic mass is 9.63. The molecular formula is C43H30N2O. The van der Waals surface area contributed by atoms with Crippen LogP contribution in [0.5, 0.6) is 11.5 Å². The molecule has 6 aromatic carbocycles. The largest absolute Gasteiger partial charge is 0.457 e. The van der Waals surface area contributed by atoms with Gasteiger partial charge in [0.1, 0.15) is 11.5 Å². The smallest absolute Gasteiger partial charge is 0.132 e. The number of hydrogen-bond acceptors (Lipinski definition) is 3. The summed E-state index contributed by atoms with van der Waals surface area (Å²) in [5.41, 5.74) is 11.5. The first kappa shape index (κ1) is 26.6. The van der Waals surface area contributed by atoms with Gasteiger partial charge >= 0.3 is 0 Å². The van der Waals surface area contributed by atoms with Crippen LogP contribution < -0.4 is 4.74 Å². The Hall–Kier alpha value is -5.80. The molecule has 46 heavy (non-hydrogen) atoms. The minimum Gasteiger partial charge on any atom is -0.457 e. The van der Waals surface area contributed by atoms with Crippen molar-refractivity contribution in [2.24, 2.45) is 4.99 Å². The third-order valence-corrected chi connectivity index (χ3v) is 9.51. The molecule has 0 fully saturated rings. The highest BCUT2D eigenvalue weighted by molar-refractivity contribution is 6.06. The summed E-state index contributed by atoms with van der Waals surface area (Å²) in [6.07, 6.45) is 1.77. The maximum atomic E-state index is 6.64. The molecule has 2 aliphatic heterocycles. The SMILES string of the molecule is c1ccc(-c2ccc3ccc4c(c3n2)N=C(c2ccc3c(c2)C(c2ccccc2)(c2ccccc2)c2ccccc2O3)CC4)cc1. The van der Waals surface area contributed by atoms with Gasteiger partial charge in [-0.1, -0.05) is 127 Å². The van der Waals surface area contributed by atoms with E-state index in [0.717, 1.165) is 74.6 Å². The number of rotatable bonds is 4. The normalized spacial score (nSPS) is 14.4. The van der Waals surface area contributed by atoms with Crippen molar-refractivity contribution in [3.05, 3.63) is 191 Å². The predicted molar refractivity (Wildman–Crippen MR) is 187 cm³/mol. The third kappa shape index (κ3) is 4.13. The molecule has 218 valence electrons. The highest BCUT2D eigenvalue weighted by atomic mass is 16.5. The van der Waals surface area contributed by atoms with Gasteiger partial charge in [-0.25, -0.2) is 4.98 Å². The van der Waals surface area contributed by atoms with Gasteiger partial charge in [-0.2, -0.15) is 0 Å². The first-order chi connectivity index (χ1) is 22.8. The fraction of sp³-hybridized carbons (Fsp3) is 0.0698. The third-order valence-electron chi connectivity index (χ3n) is 9.51. The summed E-state index contributed by atoms with van der Waals surface area (Å²) in [7, 11) is 0. The standard InChI is InChI=1S/C43H30N2O/c1-4-12-29(13-5-1)37-25-22-30-20-21-31-23-26-38(45-42(31)41(30)44-37)32-24-27-40-36(28-32)43(33-14-6-2-7-15-33,34-16-8-3-9-17-34)35-18-10-11-19-39(35)46-40/h1-22,24-25,27-28H,23,26H2. The molecule has 1 aromatic heterocycles. The van der Waals surface area contributed by atoms with Crippen LogP contribution in [-0.4, -0.2) is 10.7 Å². The van der Waals surface area contributed by atoms with Crippen LogP contribution in [0.25, 0.3) is 22.2 Å². The number of fused-ring (bicyclic) bond motifs is 5. The van der Waals surface area contributed by atoms with Crippen LogP contribution in [0.3, 0.4) is 0 Å². The van der Waals surface area contributed by atoms with Crippen LogP contribution in [0.2, 0.25) is 0 Å². The minimum atomic E-state index is -0.561. The molecule has 0 radical (unpaired) electrons. The molecule has 0 bridgehead atoms. The van der Waals surface area contributed by atoms with E-state index in [-0.39, 0.29) is 0 Å². The summed E-state index contributed by atoms with van der Waals surface area (Å²) in [5.74, 6) is 1.75. The van der Waals surface area contributed by atoms with Gasteiger partial charge in [-0.3, -0.25) is 4.99 Å². The highest BCUT2D eigenvalue weighted by Crippen LogP contribution is 2.55. The van der Waals surface area contributed by atoms with E-state index in [1.165, 1.54) is 16.7 Å². The van der Waals surface area contributed by atoms with E-state index in [9.17, 15) is 0 Å². The molecule has 0 aliphatic carbocycles. The van der Waals surface area contributed by atoms with Crippen LogP contribution in [-0.2, 0) is 11.8 Å². The number of pyridine rings is 1. The molecule has 0 amide bonds. The van der Waals surface area contributed by atoms with Crippen LogP contribution in [0.1, 0.15) is 39.8 Å². The predicted octanol–water partition coefficient (Wildman–Crippen LogP) is 10.5. The number of aliphatic imine (C=N–C) groups is 1. The first-order valence-electron chi connectivity index (χ1n) is 15.9. The summed E-state index contributed by atoms with van der Waals surface area (Å²) >= 11 is 0. The average Bonchev–Trinajstić information content (AvgIpc) is 3.14. The molecule has 0 atom stereocenters. The number of para-hydroxylation sites is 1. The summed E-state index contributed by atoms with van der Waals surface area (Å²) < 4.78 is 6.64. The molecule has 3 heteroatoms. The Morgan fingerprint density at radius 1 is 0.522 bits per heavy atom. The zero-order chi connectivity index (χ0) is 30.5. The molecule has 9 rings (SSSR count). The van der Waals surface area contributed by atoms with Crippen molar-refractivity contribution >= 4 is 22.3 Å². The number of aromatic nitrogens is 1. The second-order valence-corrected chi connectivity index (χ2v) is 12.1. The maximum absolute atomic E-state index is 6.64. The van der Waals surface area contributed by atoms with Crippen molar-refractivity contribution in [2.45, 2.75) is 18.3 Å². The van der Waals surface area contributed by atoms with Crippen LogP contribution in [0, 0.1) is 0 Å². The van der Waals surface area contributed by atoms with Gasteiger partial charge in [0.15, 0.2) is 0 Å². The Kier molecular flexibility index (Phi) is 6.17. The van der Waals surface area contributed by atoms with Crippen LogP contribution >= 0.6 is 0 Å². The number of benzene rings is 6. The van der Waals surface area contributed by atoms with Gasteiger partial charge < -0.3 is 4.74 Å². The van der Waals surface area contributed by atoms with Crippen LogP contribution in [0.15, 0.2) is 163 Å². The first-order valence-corrected chi connectivity index (χ1v) is 15.9. The molecule has 7 aromatic rings. The van der Waals surface area contributed by atoms with Crippen molar-refractivity contribution < 1.29 is 4.74 Å². The van der Waals surface area contributed by atoms with Crippen molar-refractivity contribution in [2.75, 3.05) is 0 Å². The average molecular weight is 591 g/mol. The Morgan fingerprint density at radius 2 is 1.17 bits per heavy atom. The second kappa shape index (κ2) is 10.7. The van der Waals surface area contributed by atoms with Gasteiger partial charge in [0, 0.05) is 27.8 Å². The fourth-order valence-corrected chi connectivity index (χ4v) is 7.35. The summed E-state index contributed by atoms with van der Waals surface area (Å²) in [6, 6.07) is 55.8. The van der Waals surface area contributed by atoms with E-state index in [4.69, 9.17) is 14.7 Å². The maximum Gasteiger partial charge on any atom is 0.132 e. The van der Waals surface area contributed by atoms with Crippen molar-refractivity contribution in [1.29, 1.82) is 0 Å². The van der Waals surface area contributed by atoms with E-state index >= 15 is 0 Å². The van der Waals surface area contributed by atoms with Crippen molar-refractivity contribution in [3.63, 3.8) is 0 Å². The minimum absolute atomic E-state index is 0.561. The van der Waals surface area contributed by atoms with Gasteiger partial charge in [0.05, 0.1) is 22.3 Å². The molecule has 0 N–H and O–H groups in total. The molecule has 0 unspecified atom stereocenters. The number of hydrogen-bond donors (Lipinski definition) is 0. The lowest BCUT2D eigenvalue weighted by Crippen LogP contribution is -2.34. The van der Waals surface area contributed by atoms with E-state index in [0.29, 0.717) is 0 Å². The monoisotopic (exact) mass is 590 g/mol. The Bertz CT molecular complexity index is 2240. The molecule has 0 saturated heterocycles. The topological polar surface area (TPSA) is 34.5 Å². The Morgan fingerprint density at radius 3 is 1.93 bits per heavy atom. The number of nitrogens with zero attached hydrogens (tertiary/aromatic N) is 2. The van der Waals surface area contributed by atoms with E-state index in [1.807, 2.05) is 6.07 Å². The molecule has 0 saturated carbocycles. The quantitative estimate of drug-likeness (QED) is 0.204. The number of ether oxygens (including phenoxy) is 1. The second-order valence-electron chi connectivity index (χ2n) is 12.1. The van der Waals surface area contributed by atoms with E-state index < -0.39 is 5.41 Å². The highest BCUT2D eigenvalue weighted by Gasteiger charge is 2.45. The lowest BCUT2D eigenvalue weighted by molar-refractivity contribution is 0.434. The zero-order valence-corrected chi connectivity index (χ0v) is 25.2. The molecule has 2 aliphatic rings. The van der Waals surface area contributed by atoms with Gasteiger partial charge in [0.2, 0.25) is 0 Å². The Balaban J connectivity index is 1.25. The zero-order valence-electron chi connectivity index (χ0n) is 25.2.